The van der Waals surface area contributed by atoms with E-state index in [1.54, 1.807) is 17.8 Å². The molecule has 0 aliphatic carbocycles. The minimum Gasteiger partial charge on any atom is -0.480 e. The fourth-order valence-corrected chi connectivity index (χ4v) is 1.69. The average Bonchev–Trinajstić information content (AvgIpc) is 2.33. The fourth-order valence-electron chi connectivity index (χ4n) is 1.11. The molecule has 0 bridgehead atoms. The highest BCUT2D eigenvalue weighted by Crippen LogP contribution is 1.97. The number of carboxylic acids is 1. The fraction of sp³-hybridized carbons (Fsp3) is 0.636. The van der Waals surface area contributed by atoms with Crippen molar-refractivity contribution in [1.29, 1.82) is 0 Å². The molecule has 0 rings (SSSR count). The summed E-state index contributed by atoms with van der Waals surface area (Å²) in [5.41, 5.74) is 0. The number of hydrogen-bond acceptors (Lipinski definition) is 4. The van der Waals surface area contributed by atoms with Gasteiger partial charge in [0.25, 0.3) is 0 Å². The van der Waals surface area contributed by atoms with Gasteiger partial charge in [-0.2, -0.15) is 11.8 Å². The molecule has 0 aromatic rings. The Bertz CT molecular complexity index is 274. The number of hydrogen-bond donors (Lipinski definition) is 3. The molecular weight excluding hydrogens is 256 g/mol. The van der Waals surface area contributed by atoms with Crippen LogP contribution in [0.4, 0.5) is 4.79 Å². The number of rotatable bonds is 10. The standard InChI is InChI=1S/C11H20N2O4S/c1-3-7-18-8-5-12-11(16)13-9(10(14)15)4-6-17-2/h3,9H,1,4-8H2,2H3,(H,14,15)(H2,12,13,16). The predicted octanol–water partition coefficient (Wildman–Crippen LogP) is 0.694. The van der Waals surface area contributed by atoms with Crippen molar-refractivity contribution < 1.29 is 19.4 Å². The Morgan fingerprint density at radius 3 is 2.83 bits per heavy atom. The van der Waals surface area contributed by atoms with Gasteiger partial charge in [-0.1, -0.05) is 6.08 Å². The molecule has 0 heterocycles. The van der Waals surface area contributed by atoms with Crippen molar-refractivity contribution >= 4 is 23.8 Å². The number of nitrogens with one attached hydrogen (secondary N) is 2. The summed E-state index contributed by atoms with van der Waals surface area (Å²) in [4.78, 5) is 22.2. The Kier molecular flexibility index (Phi) is 10.2. The molecule has 0 aromatic carbocycles. The second kappa shape index (κ2) is 10.9. The molecule has 3 N–H and O–H groups in total. The SMILES string of the molecule is C=CCSCCNC(=O)NC(CCOC)C(=O)O. The first-order chi connectivity index (χ1) is 8.61. The molecule has 104 valence electrons. The summed E-state index contributed by atoms with van der Waals surface area (Å²) < 4.78 is 4.78. The van der Waals surface area contributed by atoms with Crippen LogP contribution < -0.4 is 10.6 Å². The molecule has 2 amide bonds. The van der Waals surface area contributed by atoms with Crippen LogP contribution in [0.1, 0.15) is 6.42 Å². The third kappa shape index (κ3) is 8.89. The number of carbonyl (C=O) groups is 2. The molecule has 0 radical (unpaired) electrons. The van der Waals surface area contributed by atoms with E-state index in [2.05, 4.69) is 17.2 Å². The number of amides is 2. The Labute approximate surface area is 111 Å². The molecule has 0 fully saturated rings. The van der Waals surface area contributed by atoms with Crippen molar-refractivity contribution in [3.05, 3.63) is 12.7 Å². The quantitative estimate of drug-likeness (QED) is 0.404. The summed E-state index contributed by atoms with van der Waals surface area (Å²) >= 11 is 1.64. The number of carbonyl (C=O) groups excluding carboxylic acids is 1. The number of thioether (sulfide) groups is 1. The minimum atomic E-state index is -1.07. The van der Waals surface area contributed by atoms with Gasteiger partial charge in [0.05, 0.1) is 0 Å². The van der Waals surface area contributed by atoms with Crippen molar-refractivity contribution in [3.8, 4) is 0 Å². The molecule has 7 heteroatoms. The molecule has 18 heavy (non-hydrogen) atoms. The van der Waals surface area contributed by atoms with E-state index < -0.39 is 18.0 Å². The van der Waals surface area contributed by atoms with E-state index in [9.17, 15) is 9.59 Å². The number of aliphatic carboxylic acids is 1. The Balaban J connectivity index is 3.80. The zero-order valence-electron chi connectivity index (χ0n) is 10.5. The van der Waals surface area contributed by atoms with Gasteiger partial charge in [0, 0.05) is 38.2 Å². The van der Waals surface area contributed by atoms with Crippen LogP contribution >= 0.6 is 11.8 Å². The lowest BCUT2D eigenvalue weighted by atomic mass is 10.2. The second-order valence-electron chi connectivity index (χ2n) is 3.44. The zero-order valence-corrected chi connectivity index (χ0v) is 11.3. The van der Waals surface area contributed by atoms with Crippen molar-refractivity contribution in [2.45, 2.75) is 12.5 Å². The van der Waals surface area contributed by atoms with E-state index in [-0.39, 0.29) is 13.0 Å². The Morgan fingerprint density at radius 2 is 2.28 bits per heavy atom. The molecular formula is C11H20N2O4S. The van der Waals surface area contributed by atoms with Gasteiger partial charge in [0.15, 0.2) is 0 Å². The van der Waals surface area contributed by atoms with E-state index in [1.165, 1.54) is 7.11 Å². The molecule has 1 atom stereocenters. The summed E-state index contributed by atoms with van der Waals surface area (Å²) in [6.45, 7) is 4.35. The number of urea groups is 1. The predicted molar refractivity (Wildman–Crippen MR) is 72.0 cm³/mol. The normalized spacial score (nSPS) is 11.6. The van der Waals surface area contributed by atoms with Crippen molar-refractivity contribution in [2.75, 3.05) is 31.8 Å². The highest BCUT2D eigenvalue weighted by molar-refractivity contribution is 7.99. The van der Waals surface area contributed by atoms with Gasteiger partial charge in [0.2, 0.25) is 0 Å². The van der Waals surface area contributed by atoms with Crippen LogP contribution in [0, 0.1) is 0 Å². The van der Waals surface area contributed by atoms with E-state index in [1.807, 2.05) is 0 Å². The van der Waals surface area contributed by atoms with Crippen LogP contribution in [0.15, 0.2) is 12.7 Å². The first-order valence-electron chi connectivity index (χ1n) is 5.56. The maximum Gasteiger partial charge on any atom is 0.326 e. The summed E-state index contributed by atoms with van der Waals surface area (Å²) in [6.07, 6.45) is 2.03. The largest absolute Gasteiger partial charge is 0.480 e. The second-order valence-corrected chi connectivity index (χ2v) is 4.59. The molecule has 1 unspecified atom stereocenters. The molecule has 0 saturated carbocycles. The molecule has 0 saturated heterocycles. The number of carboxylic acid groups (broad SMARTS) is 1. The van der Waals surface area contributed by atoms with Crippen molar-refractivity contribution in [1.82, 2.24) is 10.6 Å². The highest BCUT2D eigenvalue weighted by Gasteiger charge is 2.18. The van der Waals surface area contributed by atoms with Crippen LogP contribution in [0.2, 0.25) is 0 Å². The van der Waals surface area contributed by atoms with E-state index in [4.69, 9.17) is 9.84 Å². The van der Waals surface area contributed by atoms with E-state index >= 15 is 0 Å². The first-order valence-corrected chi connectivity index (χ1v) is 6.72. The van der Waals surface area contributed by atoms with Crippen LogP contribution in [0.3, 0.4) is 0 Å². The zero-order chi connectivity index (χ0) is 13.8. The summed E-state index contributed by atoms with van der Waals surface area (Å²) in [6, 6.07) is -1.40. The lowest BCUT2D eigenvalue weighted by molar-refractivity contribution is -0.139. The van der Waals surface area contributed by atoms with Gasteiger partial charge < -0.3 is 20.5 Å². The lowest BCUT2D eigenvalue weighted by Gasteiger charge is -2.14. The number of methoxy groups -OCH3 is 1. The third-order valence-corrected chi connectivity index (χ3v) is 2.95. The van der Waals surface area contributed by atoms with Crippen LogP contribution in [-0.4, -0.2) is 54.9 Å². The minimum absolute atomic E-state index is 0.241. The van der Waals surface area contributed by atoms with Gasteiger partial charge in [-0.3, -0.25) is 0 Å². The van der Waals surface area contributed by atoms with Gasteiger partial charge in [-0.05, 0) is 0 Å². The number of ether oxygens (including phenoxy) is 1. The van der Waals surface area contributed by atoms with Crippen LogP contribution in [-0.2, 0) is 9.53 Å². The summed E-state index contributed by atoms with van der Waals surface area (Å²) in [5, 5.41) is 13.9. The Hall–Kier alpha value is -1.21. The molecule has 6 nitrogen and oxygen atoms in total. The van der Waals surface area contributed by atoms with Gasteiger partial charge in [-0.25, -0.2) is 9.59 Å². The molecule has 0 spiro atoms. The molecule has 0 aliphatic heterocycles. The van der Waals surface area contributed by atoms with Crippen molar-refractivity contribution in [2.24, 2.45) is 0 Å². The maximum absolute atomic E-state index is 11.4. The smallest absolute Gasteiger partial charge is 0.326 e. The third-order valence-electron chi connectivity index (χ3n) is 1.98. The van der Waals surface area contributed by atoms with Crippen molar-refractivity contribution in [3.63, 3.8) is 0 Å². The first kappa shape index (κ1) is 16.8. The van der Waals surface area contributed by atoms with Gasteiger partial charge in [-0.15, -0.1) is 6.58 Å². The maximum atomic E-state index is 11.4. The molecule has 0 aliphatic rings. The summed E-state index contributed by atoms with van der Waals surface area (Å²) in [5.74, 6) is 0.521. The Morgan fingerprint density at radius 1 is 1.56 bits per heavy atom. The van der Waals surface area contributed by atoms with Crippen LogP contribution in [0.25, 0.3) is 0 Å². The average molecular weight is 276 g/mol. The summed E-state index contributed by atoms with van der Waals surface area (Å²) in [7, 11) is 1.48. The highest BCUT2D eigenvalue weighted by atomic mass is 32.2. The topological polar surface area (TPSA) is 87.7 Å². The lowest BCUT2D eigenvalue weighted by Crippen LogP contribution is -2.46. The van der Waals surface area contributed by atoms with E-state index in [0.717, 1.165) is 11.5 Å². The van der Waals surface area contributed by atoms with Gasteiger partial charge >= 0.3 is 12.0 Å². The van der Waals surface area contributed by atoms with Gasteiger partial charge in [0.1, 0.15) is 6.04 Å². The van der Waals surface area contributed by atoms with E-state index in [0.29, 0.717) is 6.54 Å². The molecule has 0 aromatic heterocycles. The monoisotopic (exact) mass is 276 g/mol. The van der Waals surface area contributed by atoms with Crippen LogP contribution in [0.5, 0.6) is 0 Å².